The van der Waals surface area contributed by atoms with E-state index < -0.39 is 0 Å². The SMILES string of the molecule is COc1ccccc1-c1cccc(-c2cccc3c2OC(CN)C3)c1. The van der Waals surface area contributed by atoms with Crippen LogP contribution in [-0.4, -0.2) is 19.8 Å². The van der Waals surface area contributed by atoms with E-state index in [9.17, 15) is 0 Å². The van der Waals surface area contributed by atoms with E-state index in [0.29, 0.717) is 6.54 Å². The van der Waals surface area contributed by atoms with Crippen LogP contribution in [0, 0.1) is 0 Å². The summed E-state index contributed by atoms with van der Waals surface area (Å²) in [5.41, 5.74) is 11.5. The van der Waals surface area contributed by atoms with Gasteiger partial charge in [0.2, 0.25) is 0 Å². The molecule has 25 heavy (non-hydrogen) atoms. The van der Waals surface area contributed by atoms with Gasteiger partial charge in [0, 0.05) is 24.1 Å². The third-order valence-electron chi connectivity index (χ3n) is 4.68. The maximum Gasteiger partial charge on any atom is 0.130 e. The number of hydrogen-bond acceptors (Lipinski definition) is 3. The van der Waals surface area contributed by atoms with Crippen LogP contribution in [0.15, 0.2) is 66.7 Å². The second-order valence-electron chi connectivity index (χ2n) is 6.25. The Hall–Kier alpha value is -2.78. The van der Waals surface area contributed by atoms with Gasteiger partial charge in [-0.25, -0.2) is 0 Å². The van der Waals surface area contributed by atoms with E-state index in [2.05, 4.69) is 48.5 Å². The number of benzene rings is 3. The van der Waals surface area contributed by atoms with Crippen molar-refractivity contribution in [2.45, 2.75) is 12.5 Å². The molecule has 1 aliphatic heterocycles. The van der Waals surface area contributed by atoms with E-state index in [1.165, 1.54) is 5.56 Å². The van der Waals surface area contributed by atoms with E-state index in [-0.39, 0.29) is 6.10 Å². The van der Waals surface area contributed by atoms with Gasteiger partial charge in [-0.05, 0) is 28.8 Å². The van der Waals surface area contributed by atoms with Gasteiger partial charge in [-0.3, -0.25) is 0 Å². The Morgan fingerprint density at radius 1 is 0.960 bits per heavy atom. The Morgan fingerprint density at radius 3 is 2.48 bits per heavy atom. The van der Waals surface area contributed by atoms with Crippen molar-refractivity contribution < 1.29 is 9.47 Å². The minimum atomic E-state index is 0.0774. The minimum absolute atomic E-state index is 0.0774. The third-order valence-corrected chi connectivity index (χ3v) is 4.68. The molecule has 0 aliphatic carbocycles. The Labute approximate surface area is 148 Å². The molecule has 0 spiro atoms. The van der Waals surface area contributed by atoms with Gasteiger partial charge >= 0.3 is 0 Å². The quantitative estimate of drug-likeness (QED) is 0.775. The lowest BCUT2D eigenvalue weighted by Crippen LogP contribution is -2.24. The van der Waals surface area contributed by atoms with Gasteiger partial charge in [0.25, 0.3) is 0 Å². The van der Waals surface area contributed by atoms with Gasteiger partial charge in [-0.15, -0.1) is 0 Å². The lowest BCUT2D eigenvalue weighted by Gasteiger charge is -2.13. The summed E-state index contributed by atoms with van der Waals surface area (Å²) in [5.74, 6) is 1.84. The van der Waals surface area contributed by atoms with Crippen LogP contribution >= 0.6 is 0 Å². The van der Waals surface area contributed by atoms with E-state index in [1.807, 2.05) is 18.2 Å². The van der Waals surface area contributed by atoms with Gasteiger partial charge in [0.05, 0.1) is 7.11 Å². The molecule has 3 heteroatoms. The number of ether oxygens (including phenoxy) is 2. The summed E-state index contributed by atoms with van der Waals surface area (Å²) in [6.07, 6.45) is 0.958. The van der Waals surface area contributed by atoms with Crippen LogP contribution in [-0.2, 0) is 6.42 Å². The first kappa shape index (κ1) is 15.7. The van der Waals surface area contributed by atoms with Crippen LogP contribution in [0.3, 0.4) is 0 Å². The molecule has 2 N–H and O–H groups in total. The molecule has 1 unspecified atom stereocenters. The van der Waals surface area contributed by atoms with Gasteiger partial charge in [-0.1, -0.05) is 54.6 Å². The third kappa shape index (κ3) is 2.87. The van der Waals surface area contributed by atoms with E-state index in [1.54, 1.807) is 7.11 Å². The van der Waals surface area contributed by atoms with Crippen molar-refractivity contribution >= 4 is 0 Å². The number of rotatable bonds is 4. The molecule has 1 atom stereocenters. The summed E-state index contributed by atoms with van der Waals surface area (Å²) < 4.78 is 11.6. The fourth-order valence-corrected chi connectivity index (χ4v) is 3.43. The summed E-state index contributed by atoms with van der Waals surface area (Å²) in [6.45, 7) is 0.537. The van der Waals surface area contributed by atoms with Crippen LogP contribution in [0.25, 0.3) is 22.3 Å². The molecular formula is C22H21NO2. The molecule has 0 saturated heterocycles. The average molecular weight is 331 g/mol. The standard InChI is InChI=1S/C22H21NO2/c1-24-21-11-3-2-9-19(21)15-6-4-7-16(12-15)20-10-5-8-17-13-18(14-23)25-22(17)20/h2-12,18H,13-14,23H2,1H3. The molecule has 3 aromatic rings. The Kier molecular flexibility index (Phi) is 4.16. The fraction of sp³-hybridized carbons (Fsp3) is 0.182. The minimum Gasteiger partial charge on any atom is -0.496 e. The van der Waals surface area contributed by atoms with E-state index in [0.717, 1.165) is 40.2 Å². The first-order chi connectivity index (χ1) is 12.3. The van der Waals surface area contributed by atoms with Crippen LogP contribution in [0.5, 0.6) is 11.5 Å². The maximum absolute atomic E-state index is 6.08. The summed E-state index contributed by atoms with van der Waals surface area (Å²) in [7, 11) is 1.70. The predicted molar refractivity (Wildman–Crippen MR) is 101 cm³/mol. The second kappa shape index (κ2) is 6.61. The molecule has 0 aromatic heterocycles. The van der Waals surface area contributed by atoms with Crippen molar-refractivity contribution in [3.05, 3.63) is 72.3 Å². The zero-order valence-electron chi connectivity index (χ0n) is 14.2. The molecular weight excluding hydrogens is 310 g/mol. The van der Waals surface area contributed by atoms with Gasteiger partial charge in [0.15, 0.2) is 0 Å². The highest BCUT2D eigenvalue weighted by atomic mass is 16.5. The average Bonchev–Trinajstić information content (AvgIpc) is 3.11. The molecule has 1 heterocycles. The highest BCUT2D eigenvalue weighted by Crippen LogP contribution is 2.40. The number of methoxy groups -OCH3 is 1. The van der Waals surface area contributed by atoms with Crippen LogP contribution < -0.4 is 15.2 Å². The number of nitrogens with two attached hydrogens (primary N) is 1. The smallest absolute Gasteiger partial charge is 0.130 e. The maximum atomic E-state index is 6.08. The lowest BCUT2D eigenvalue weighted by atomic mass is 9.96. The number of hydrogen-bond donors (Lipinski definition) is 1. The molecule has 0 fully saturated rings. The van der Waals surface area contributed by atoms with E-state index in [4.69, 9.17) is 15.2 Å². The summed E-state index contributed by atoms with van der Waals surface area (Å²) >= 11 is 0. The summed E-state index contributed by atoms with van der Waals surface area (Å²) in [5, 5.41) is 0. The first-order valence-corrected chi connectivity index (χ1v) is 8.52. The highest BCUT2D eigenvalue weighted by molar-refractivity contribution is 5.79. The molecule has 0 radical (unpaired) electrons. The van der Waals surface area contributed by atoms with E-state index >= 15 is 0 Å². The Morgan fingerprint density at radius 2 is 1.68 bits per heavy atom. The fourth-order valence-electron chi connectivity index (χ4n) is 3.43. The zero-order valence-corrected chi connectivity index (χ0v) is 14.2. The molecule has 3 aromatic carbocycles. The summed E-state index contributed by atoms with van der Waals surface area (Å²) in [6, 6.07) is 22.9. The van der Waals surface area contributed by atoms with Crippen molar-refractivity contribution in [1.29, 1.82) is 0 Å². The van der Waals surface area contributed by atoms with Crippen molar-refractivity contribution in [2.75, 3.05) is 13.7 Å². The van der Waals surface area contributed by atoms with Crippen molar-refractivity contribution in [2.24, 2.45) is 5.73 Å². The van der Waals surface area contributed by atoms with Gasteiger partial charge < -0.3 is 15.2 Å². The van der Waals surface area contributed by atoms with Crippen LogP contribution in [0.4, 0.5) is 0 Å². The highest BCUT2D eigenvalue weighted by Gasteiger charge is 2.24. The Bertz CT molecular complexity index is 904. The molecule has 0 saturated carbocycles. The predicted octanol–water partition coefficient (Wildman–Crippen LogP) is 4.29. The van der Waals surface area contributed by atoms with Gasteiger partial charge in [-0.2, -0.15) is 0 Å². The normalized spacial score (nSPS) is 15.5. The monoisotopic (exact) mass is 331 g/mol. The summed E-state index contributed by atoms with van der Waals surface area (Å²) in [4.78, 5) is 0. The van der Waals surface area contributed by atoms with Crippen molar-refractivity contribution in [3.8, 4) is 33.8 Å². The van der Waals surface area contributed by atoms with Gasteiger partial charge in [0.1, 0.15) is 17.6 Å². The van der Waals surface area contributed by atoms with Crippen molar-refractivity contribution in [1.82, 2.24) is 0 Å². The molecule has 1 aliphatic rings. The van der Waals surface area contributed by atoms with Crippen LogP contribution in [0.2, 0.25) is 0 Å². The van der Waals surface area contributed by atoms with Crippen molar-refractivity contribution in [3.63, 3.8) is 0 Å². The lowest BCUT2D eigenvalue weighted by molar-refractivity contribution is 0.242. The molecule has 0 bridgehead atoms. The Balaban J connectivity index is 1.78. The number of para-hydroxylation sites is 2. The zero-order chi connectivity index (χ0) is 17.2. The first-order valence-electron chi connectivity index (χ1n) is 8.52. The number of fused-ring (bicyclic) bond motifs is 1. The topological polar surface area (TPSA) is 44.5 Å². The molecule has 0 amide bonds. The molecule has 4 rings (SSSR count). The largest absolute Gasteiger partial charge is 0.496 e. The molecule has 126 valence electrons. The second-order valence-corrected chi connectivity index (χ2v) is 6.25. The molecule has 3 nitrogen and oxygen atoms in total. The van der Waals surface area contributed by atoms with Crippen LogP contribution in [0.1, 0.15) is 5.56 Å².